The molecule has 1 heterocycles. The number of nitrogens with one attached hydrogen (secondary N) is 2. The van der Waals surface area contributed by atoms with E-state index in [0.717, 1.165) is 18.2 Å². The van der Waals surface area contributed by atoms with Crippen LogP contribution >= 0.6 is 11.6 Å². The van der Waals surface area contributed by atoms with E-state index in [2.05, 4.69) is 10.1 Å². The number of carbonyl (C=O) groups is 1. The van der Waals surface area contributed by atoms with Crippen LogP contribution in [0.25, 0.3) is 0 Å². The fourth-order valence-electron chi connectivity index (χ4n) is 2.28. The number of benzene rings is 2. The normalized spacial score (nSPS) is 18.1. The summed E-state index contributed by atoms with van der Waals surface area (Å²) < 4.78 is 78.9. The molecule has 1 aliphatic heterocycles. The highest BCUT2D eigenvalue weighted by atomic mass is 35.5. The summed E-state index contributed by atoms with van der Waals surface area (Å²) in [6.45, 7) is -3.11. The van der Waals surface area contributed by atoms with Crippen LogP contribution in [0.15, 0.2) is 42.5 Å². The van der Waals surface area contributed by atoms with Crippen molar-refractivity contribution in [3.8, 4) is 17.2 Å². The Balaban J connectivity index is 1.77. The lowest BCUT2D eigenvalue weighted by Gasteiger charge is -2.29. The van der Waals surface area contributed by atoms with E-state index >= 15 is 0 Å². The summed E-state index contributed by atoms with van der Waals surface area (Å²) in [5.41, 5.74) is -0.105. The third-order valence-corrected chi connectivity index (χ3v) is 3.62. The first-order valence-electron chi connectivity index (χ1n) is 7.46. The molecule has 0 saturated heterocycles. The van der Waals surface area contributed by atoms with Crippen molar-refractivity contribution < 1.29 is 41.0 Å². The molecular weight excluding hydrogens is 415 g/mol. The zero-order chi connectivity index (χ0) is 20.5. The fourth-order valence-corrected chi connectivity index (χ4v) is 2.44. The van der Waals surface area contributed by atoms with E-state index in [1.54, 1.807) is 5.32 Å². The minimum Gasteiger partial charge on any atom is -0.435 e. The molecule has 2 amide bonds. The van der Waals surface area contributed by atoms with Gasteiger partial charge in [0.1, 0.15) is 5.75 Å². The van der Waals surface area contributed by atoms with Crippen molar-refractivity contribution in [1.82, 2.24) is 5.32 Å². The molecule has 12 heteroatoms. The second-order valence-electron chi connectivity index (χ2n) is 5.39. The number of fused-ring (bicyclic) bond motifs is 1. The lowest BCUT2D eigenvalue weighted by atomic mass is 10.3. The molecule has 0 unspecified atom stereocenters. The first kappa shape index (κ1) is 19.8. The molecule has 3 rings (SSSR count). The van der Waals surface area contributed by atoms with Gasteiger partial charge in [-0.2, -0.15) is 22.0 Å². The van der Waals surface area contributed by atoms with Crippen LogP contribution < -0.4 is 24.8 Å². The number of ether oxygens (including phenoxy) is 3. The predicted molar refractivity (Wildman–Crippen MR) is 86.7 cm³/mol. The van der Waals surface area contributed by atoms with Gasteiger partial charge in [0.05, 0.1) is 0 Å². The Morgan fingerprint density at radius 3 is 2.50 bits per heavy atom. The Hall–Kier alpha value is -2.95. The van der Waals surface area contributed by atoms with Gasteiger partial charge in [-0.05, 0) is 24.3 Å². The van der Waals surface area contributed by atoms with Crippen LogP contribution in [0.3, 0.4) is 0 Å². The molecule has 0 spiro atoms. The molecule has 0 aromatic heterocycles. The molecule has 0 radical (unpaired) electrons. The van der Waals surface area contributed by atoms with Crippen LogP contribution in [-0.2, 0) is 0 Å². The topological polar surface area (TPSA) is 68.8 Å². The van der Waals surface area contributed by atoms with Crippen molar-refractivity contribution in [2.45, 2.75) is 18.7 Å². The van der Waals surface area contributed by atoms with Crippen molar-refractivity contribution in [3.05, 3.63) is 47.5 Å². The maximum Gasteiger partial charge on any atom is 0.492 e. The molecule has 0 aliphatic carbocycles. The van der Waals surface area contributed by atoms with Gasteiger partial charge in [-0.3, -0.25) is 5.32 Å². The summed E-state index contributed by atoms with van der Waals surface area (Å²) >= 11 is 5.71. The van der Waals surface area contributed by atoms with Gasteiger partial charge in [0.25, 0.3) is 0 Å². The summed E-state index contributed by atoms with van der Waals surface area (Å²) in [6, 6.07) is 6.84. The second kappa shape index (κ2) is 7.23. The van der Waals surface area contributed by atoms with Gasteiger partial charge in [-0.1, -0.05) is 17.7 Å². The van der Waals surface area contributed by atoms with Crippen molar-refractivity contribution in [2.24, 2.45) is 0 Å². The van der Waals surface area contributed by atoms with E-state index in [4.69, 9.17) is 21.1 Å². The largest absolute Gasteiger partial charge is 0.492 e. The monoisotopic (exact) mass is 424 g/mol. The summed E-state index contributed by atoms with van der Waals surface area (Å²) in [7, 11) is 0. The standard InChI is InChI=1S/C16H10ClF5N2O4/c17-8-4-5-11-12(6-8)28-16(27-11,15(20,21)22)24-14(25)23-9-2-1-3-10(7-9)26-13(18)19/h1-7,13H,(H2,23,24,25)/t16-/m0/s1. The molecule has 1 aliphatic rings. The van der Waals surface area contributed by atoms with E-state index < -0.39 is 24.7 Å². The van der Waals surface area contributed by atoms with Gasteiger partial charge >= 0.3 is 24.7 Å². The minimum atomic E-state index is -5.17. The predicted octanol–water partition coefficient (Wildman–Crippen LogP) is 4.75. The highest BCUT2D eigenvalue weighted by molar-refractivity contribution is 6.30. The van der Waals surface area contributed by atoms with Gasteiger partial charge in [0, 0.05) is 22.8 Å². The van der Waals surface area contributed by atoms with Crippen molar-refractivity contribution in [1.29, 1.82) is 0 Å². The molecule has 0 fully saturated rings. The van der Waals surface area contributed by atoms with Crippen molar-refractivity contribution in [3.63, 3.8) is 0 Å². The number of rotatable bonds is 4. The van der Waals surface area contributed by atoms with Gasteiger partial charge in [-0.15, -0.1) is 0 Å². The number of halogens is 6. The van der Waals surface area contributed by atoms with Gasteiger partial charge < -0.3 is 19.5 Å². The van der Waals surface area contributed by atoms with E-state index in [1.165, 1.54) is 24.3 Å². The highest BCUT2D eigenvalue weighted by Gasteiger charge is 2.65. The Bertz CT molecular complexity index is 896. The first-order valence-corrected chi connectivity index (χ1v) is 7.84. The van der Waals surface area contributed by atoms with Gasteiger partial charge in [-0.25, -0.2) is 4.79 Å². The number of anilines is 1. The number of alkyl halides is 5. The molecular formula is C16H10ClF5N2O4. The number of hydrogen-bond acceptors (Lipinski definition) is 4. The van der Waals surface area contributed by atoms with Gasteiger partial charge in [0.2, 0.25) is 0 Å². The second-order valence-corrected chi connectivity index (χ2v) is 5.83. The van der Waals surface area contributed by atoms with Crippen LogP contribution in [-0.4, -0.2) is 24.7 Å². The maximum absolute atomic E-state index is 13.6. The average molecular weight is 425 g/mol. The quantitative estimate of drug-likeness (QED) is 0.695. The molecule has 2 aromatic rings. The van der Waals surface area contributed by atoms with Crippen LogP contribution in [0, 0.1) is 0 Å². The smallest absolute Gasteiger partial charge is 0.435 e. The SMILES string of the molecule is O=C(Nc1cccc(OC(F)F)c1)N[C@@]1(C(F)(F)F)Oc2ccc(Cl)cc2O1. The summed E-state index contributed by atoms with van der Waals surface area (Å²) in [4.78, 5) is 12.1. The van der Waals surface area contributed by atoms with Gasteiger partial charge in [0.15, 0.2) is 11.5 Å². The Morgan fingerprint density at radius 1 is 1.11 bits per heavy atom. The maximum atomic E-state index is 13.6. The molecule has 1 atom stereocenters. The number of hydrogen-bond donors (Lipinski definition) is 2. The minimum absolute atomic E-state index is 0.0978. The lowest BCUT2D eigenvalue weighted by molar-refractivity contribution is -0.317. The summed E-state index contributed by atoms with van der Waals surface area (Å²) in [5.74, 6) is -4.40. The average Bonchev–Trinajstić information content (AvgIpc) is 2.92. The van der Waals surface area contributed by atoms with E-state index in [0.29, 0.717) is 0 Å². The first-order chi connectivity index (χ1) is 13.1. The molecule has 6 nitrogen and oxygen atoms in total. The molecule has 2 aromatic carbocycles. The highest BCUT2D eigenvalue weighted by Crippen LogP contribution is 2.46. The number of carbonyl (C=O) groups excluding carboxylic acids is 1. The van der Waals surface area contributed by atoms with Crippen LogP contribution in [0.4, 0.5) is 32.4 Å². The number of amides is 2. The van der Waals surface area contributed by atoms with E-state index in [-0.39, 0.29) is 28.0 Å². The van der Waals surface area contributed by atoms with Crippen LogP contribution in [0.5, 0.6) is 17.2 Å². The molecule has 0 bridgehead atoms. The summed E-state index contributed by atoms with van der Waals surface area (Å²) in [5, 5.41) is 3.71. The van der Waals surface area contributed by atoms with Crippen molar-refractivity contribution in [2.75, 3.05) is 5.32 Å². The number of urea groups is 1. The molecule has 28 heavy (non-hydrogen) atoms. The third-order valence-electron chi connectivity index (χ3n) is 3.38. The van der Waals surface area contributed by atoms with E-state index in [9.17, 15) is 26.7 Å². The Kier molecular flexibility index (Phi) is 5.11. The molecule has 150 valence electrons. The van der Waals surface area contributed by atoms with Crippen LogP contribution in [0.2, 0.25) is 5.02 Å². The third kappa shape index (κ3) is 4.14. The summed E-state index contributed by atoms with van der Waals surface area (Å²) in [6.07, 6.45) is -5.17. The lowest BCUT2D eigenvalue weighted by Crippen LogP contribution is -2.65. The molecule has 0 saturated carbocycles. The molecule has 2 N–H and O–H groups in total. The Labute approximate surface area is 159 Å². The van der Waals surface area contributed by atoms with E-state index in [1.807, 2.05) is 0 Å². The van der Waals surface area contributed by atoms with Crippen molar-refractivity contribution >= 4 is 23.3 Å². The van der Waals surface area contributed by atoms with Crippen LogP contribution in [0.1, 0.15) is 0 Å². The zero-order valence-electron chi connectivity index (χ0n) is 13.5. The zero-order valence-corrected chi connectivity index (χ0v) is 14.3. The fraction of sp³-hybridized carbons (Fsp3) is 0.188. The Morgan fingerprint density at radius 2 is 1.82 bits per heavy atom.